The van der Waals surface area contributed by atoms with E-state index in [4.69, 9.17) is 14.5 Å². The van der Waals surface area contributed by atoms with Crippen molar-refractivity contribution in [3.05, 3.63) is 47.8 Å². The van der Waals surface area contributed by atoms with Crippen molar-refractivity contribution in [2.75, 3.05) is 38.7 Å². The van der Waals surface area contributed by atoms with E-state index in [1.807, 2.05) is 37.3 Å². The molecule has 2 aromatic rings. The molecule has 3 rings (SSSR count). The molecule has 6 heteroatoms. The van der Waals surface area contributed by atoms with E-state index in [0.717, 1.165) is 80.3 Å². The van der Waals surface area contributed by atoms with Gasteiger partial charge in [-0.25, -0.2) is 9.97 Å². The molecule has 0 amide bonds. The number of morpholine rings is 1. The van der Waals surface area contributed by atoms with Crippen LogP contribution in [0.3, 0.4) is 0 Å². The summed E-state index contributed by atoms with van der Waals surface area (Å²) in [7, 11) is 0. The fraction of sp³-hybridized carbons (Fsp3) is 0.500. The van der Waals surface area contributed by atoms with E-state index >= 15 is 0 Å². The highest BCUT2D eigenvalue weighted by molar-refractivity contribution is 7.99. The Bertz CT molecular complexity index is 663. The van der Waals surface area contributed by atoms with Crippen LogP contribution in [0.2, 0.25) is 0 Å². The second kappa shape index (κ2) is 10.5. The Hall–Kier alpha value is -1.63. The van der Waals surface area contributed by atoms with Crippen molar-refractivity contribution in [2.45, 2.75) is 31.5 Å². The lowest BCUT2D eigenvalue weighted by Gasteiger charge is -2.26. The Labute approximate surface area is 160 Å². The van der Waals surface area contributed by atoms with Crippen LogP contribution in [-0.4, -0.2) is 53.5 Å². The lowest BCUT2D eigenvalue weighted by molar-refractivity contribution is 0.0335. The quantitative estimate of drug-likeness (QED) is 0.380. The summed E-state index contributed by atoms with van der Waals surface area (Å²) >= 11 is 1.74. The summed E-state index contributed by atoms with van der Waals surface area (Å²) in [5, 5.41) is 0.886. The Balaban J connectivity index is 1.38. The third-order valence-corrected chi connectivity index (χ3v) is 5.09. The highest BCUT2D eigenvalue weighted by Crippen LogP contribution is 2.17. The SMILES string of the molecule is Cc1cc(CN2CCOCC2)nc(SCCCCOc2ccccc2)n1. The Morgan fingerprint density at radius 2 is 1.92 bits per heavy atom. The van der Waals surface area contributed by atoms with Crippen LogP contribution >= 0.6 is 11.8 Å². The summed E-state index contributed by atoms with van der Waals surface area (Å²) < 4.78 is 11.1. The lowest BCUT2D eigenvalue weighted by atomic mass is 10.3. The standard InChI is InChI=1S/C20H27N3O2S/c1-17-15-18(16-23-9-12-24-13-10-23)22-20(21-17)26-14-6-5-11-25-19-7-3-2-4-8-19/h2-4,7-8,15H,5-6,9-14,16H2,1H3. The van der Waals surface area contributed by atoms with E-state index in [9.17, 15) is 0 Å². The molecule has 1 aromatic carbocycles. The maximum absolute atomic E-state index is 5.72. The molecule has 1 aliphatic rings. The molecule has 0 atom stereocenters. The number of aryl methyl sites for hydroxylation is 1. The molecule has 0 saturated carbocycles. The largest absolute Gasteiger partial charge is 0.494 e. The smallest absolute Gasteiger partial charge is 0.188 e. The van der Waals surface area contributed by atoms with Gasteiger partial charge in [0.15, 0.2) is 5.16 Å². The summed E-state index contributed by atoms with van der Waals surface area (Å²) in [4.78, 5) is 11.7. The van der Waals surface area contributed by atoms with Gasteiger partial charge in [-0.05, 0) is 38.0 Å². The van der Waals surface area contributed by atoms with Gasteiger partial charge in [-0.15, -0.1) is 0 Å². The summed E-state index contributed by atoms with van der Waals surface area (Å²) in [6.07, 6.45) is 2.13. The first-order valence-corrected chi connectivity index (χ1v) is 10.2. The van der Waals surface area contributed by atoms with E-state index < -0.39 is 0 Å². The van der Waals surface area contributed by atoms with E-state index in [1.54, 1.807) is 11.8 Å². The Morgan fingerprint density at radius 1 is 1.12 bits per heavy atom. The molecule has 0 radical (unpaired) electrons. The maximum Gasteiger partial charge on any atom is 0.188 e. The molecule has 5 nitrogen and oxygen atoms in total. The van der Waals surface area contributed by atoms with Gasteiger partial charge in [0.25, 0.3) is 0 Å². The van der Waals surface area contributed by atoms with E-state index in [1.165, 1.54) is 0 Å². The average molecular weight is 374 g/mol. The third-order valence-electron chi connectivity index (χ3n) is 4.16. The van der Waals surface area contributed by atoms with Crippen LogP contribution in [0, 0.1) is 6.92 Å². The first-order chi connectivity index (χ1) is 12.8. The normalized spacial score (nSPS) is 15.1. The molecule has 140 valence electrons. The number of ether oxygens (including phenoxy) is 2. The van der Waals surface area contributed by atoms with Crippen molar-refractivity contribution >= 4 is 11.8 Å². The summed E-state index contributed by atoms with van der Waals surface area (Å²) in [5.41, 5.74) is 2.15. The van der Waals surface area contributed by atoms with Gasteiger partial charge in [0, 0.05) is 31.1 Å². The second-order valence-corrected chi connectivity index (χ2v) is 7.45. The summed E-state index contributed by atoms with van der Waals surface area (Å²) in [6, 6.07) is 12.1. The molecule has 0 N–H and O–H groups in total. The van der Waals surface area contributed by atoms with E-state index in [2.05, 4.69) is 16.0 Å². The molecule has 1 fully saturated rings. The second-order valence-electron chi connectivity index (χ2n) is 6.39. The zero-order valence-electron chi connectivity index (χ0n) is 15.4. The van der Waals surface area contributed by atoms with Crippen LogP contribution in [0.15, 0.2) is 41.6 Å². The number of rotatable bonds is 9. The van der Waals surface area contributed by atoms with Crippen LogP contribution in [0.1, 0.15) is 24.2 Å². The van der Waals surface area contributed by atoms with Crippen molar-refractivity contribution in [1.82, 2.24) is 14.9 Å². The van der Waals surface area contributed by atoms with Gasteiger partial charge in [-0.3, -0.25) is 4.90 Å². The maximum atomic E-state index is 5.72. The number of nitrogens with zero attached hydrogens (tertiary/aromatic N) is 3. The monoisotopic (exact) mass is 373 g/mol. The minimum absolute atomic E-state index is 0.752. The Kier molecular flexibility index (Phi) is 7.73. The fourth-order valence-corrected chi connectivity index (χ4v) is 3.73. The van der Waals surface area contributed by atoms with Gasteiger partial charge in [0.1, 0.15) is 5.75 Å². The van der Waals surface area contributed by atoms with Gasteiger partial charge in [-0.2, -0.15) is 0 Å². The highest BCUT2D eigenvalue weighted by atomic mass is 32.2. The molecular formula is C20H27N3O2S. The number of hydrogen-bond acceptors (Lipinski definition) is 6. The first-order valence-electron chi connectivity index (χ1n) is 9.25. The van der Waals surface area contributed by atoms with Gasteiger partial charge in [-0.1, -0.05) is 30.0 Å². The van der Waals surface area contributed by atoms with E-state index in [0.29, 0.717) is 0 Å². The number of benzene rings is 1. The van der Waals surface area contributed by atoms with E-state index in [-0.39, 0.29) is 0 Å². The molecule has 26 heavy (non-hydrogen) atoms. The third kappa shape index (κ3) is 6.59. The number of hydrogen-bond donors (Lipinski definition) is 0. The summed E-state index contributed by atoms with van der Waals surface area (Å²) in [6.45, 7) is 7.27. The van der Waals surface area contributed by atoms with Crippen LogP contribution in [0.5, 0.6) is 5.75 Å². The zero-order valence-corrected chi connectivity index (χ0v) is 16.2. The van der Waals surface area contributed by atoms with Crippen molar-refractivity contribution in [3.8, 4) is 5.75 Å². The Morgan fingerprint density at radius 3 is 2.73 bits per heavy atom. The average Bonchev–Trinajstić information content (AvgIpc) is 2.66. The number of para-hydroxylation sites is 1. The number of thioether (sulfide) groups is 1. The molecule has 1 aromatic heterocycles. The molecule has 1 saturated heterocycles. The molecule has 2 heterocycles. The van der Waals surface area contributed by atoms with Crippen molar-refractivity contribution in [3.63, 3.8) is 0 Å². The predicted molar refractivity (Wildman–Crippen MR) is 105 cm³/mol. The topological polar surface area (TPSA) is 47.5 Å². The lowest BCUT2D eigenvalue weighted by Crippen LogP contribution is -2.35. The molecular weight excluding hydrogens is 346 g/mol. The zero-order chi connectivity index (χ0) is 18.0. The van der Waals surface area contributed by atoms with Gasteiger partial charge >= 0.3 is 0 Å². The number of aromatic nitrogens is 2. The highest BCUT2D eigenvalue weighted by Gasteiger charge is 2.12. The first kappa shape index (κ1) is 19.1. The molecule has 0 unspecified atom stereocenters. The predicted octanol–water partition coefficient (Wildman–Crippen LogP) is 3.57. The fourth-order valence-electron chi connectivity index (χ4n) is 2.81. The van der Waals surface area contributed by atoms with Crippen molar-refractivity contribution < 1.29 is 9.47 Å². The van der Waals surface area contributed by atoms with Gasteiger partial charge in [0.2, 0.25) is 0 Å². The van der Waals surface area contributed by atoms with Crippen LogP contribution in [0.25, 0.3) is 0 Å². The minimum Gasteiger partial charge on any atom is -0.494 e. The summed E-state index contributed by atoms with van der Waals surface area (Å²) in [5.74, 6) is 1.95. The van der Waals surface area contributed by atoms with Gasteiger partial charge in [0.05, 0.1) is 25.5 Å². The number of unbranched alkanes of at least 4 members (excludes halogenated alkanes) is 1. The van der Waals surface area contributed by atoms with Crippen LogP contribution < -0.4 is 4.74 Å². The molecule has 1 aliphatic heterocycles. The molecule has 0 bridgehead atoms. The van der Waals surface area contributed by atoms with Gasteiger partial charge < -0.3 is 9.47 Å². The molecule has 0 aliphatic carbocycles. The van der Waals surface area contributed by atoms with Crippen LogP contribution in [-0.2, 0) is 11.3 Å². The van der Waals surface area contributed by atoms with Crippen molar-refractivity contribution in [2.24, 2.45) is 0 Å². The van der Waals surface area contributed by atoms with Crippen molar-refractivity contribution in [1.29, 1.82) is 0 Å². The van der Waals surface area contributed by atoms with Crippen LogP contribution in [0.4, 0.5) is 0 Å². The molecule has 0 spiro atoms. The minimum atomic E-state index is 0.752.